The number of hydrogen-bond acceptors (Lipinski definition) is 7. The molecule has 5 N–H and O–H groups in total. The highest BCUT2D eigenvalue weighted by Crippen LogP contribution is 2.76. The Bertz CT molecular complexity index is 745. The number of fused-ring (bicyclic) bond motifs is 2. The summed E-state index contributed by atoms with van der Waals surface area (Å²) in [6.07, 6.45) is -3.28. The van der Waals surface area contributed by atoms with Gasteiger partial charge in [-0.1, -0.05) is 20.4 Å². The van der Waals surface area contributed by atoms with Crippen molar-refractivity contribution in [1.29, 1.82) is 0 Å². The number of Topliss-reactive ketones (excluding diaryl/α,β-unsaturated/α-hetero) is 1. The van der Waals surface area contributed by atoms with E-state index >= 15 is 0 Å². The lowest BCUT2D eigenvalue weighted by Crippen LogP contribution is -2.86. The molecule has 0 amide bonds. The van der Waals surface area contributed by atoms with E-state index in [1.165, 1.54) is 0 Å². The van der Waals surface area contributed by atoms with Crippen LogP contribution in [0.25, 0.3) is 0 Å². The van der Waals surface area contributed by atoms with E-state index in [4.69, 9.17) is 4.74 Å². The van der Waals surface area contributed by atoms with Crippen LogP contribution in [0.15, 0.2) is 12.2 Å². The van der Waals surface area contributed by atoms with Gasteiger partial charge in [0.15, 0.2) is 5.78 Å². The van der Waals surface area contributed by atoms with Crippen molar-refractivity contribution in [3.63, 3.8) is 0 Å². The lowest BCUT2D eigenvalue weighted by atomic mass is 9.35. The first-order chi connectivity index (χ1) is 12.5. The SMILES string of the molecule is C=C1C(=O)[C@]23[C@H](O)[C@H]1C[C@H](O)[C@H]2[C@]12CC[C@@H](O)C(C)(C)[C@H]1[C@H](O)[C@@]3(O)OC2. The van der Waals surface area contributed by atoms with E-state index in [1.807, 2.05) is 13.8 Å². The number of carbonyl (C=O) groups is 1. The third-order valence-corrected chi connectivity index (χ3v) is 8.99. The third-order valence-electron chi connectivity index (χ3n) is 8.99. The van der Waals surface area contributed by atoms with Crippen LogP contribution in [-0.2, 0) is 9.53 Å². The monoisotopic (exact) mass is 380 g/mol. The van der Waals surface area contributed by atoms with Crippen LogP contribution >= 0.6 is 0 Å². The lowest BCUT2D eigenvalue weighted by molar-refractivity contribution is -0.459. The zero-order valence-electron chi connectivity index (χ0n) is 15.6. The Morgan fingerprint density at radius 1 is 1.11 bits per heavy atom. The summed E-state index contributed by atoms with van der Waals surface area (Å²) in [6.45, 7) is 7.57. The fourth-order valence-electron chi connectivity index (χ4n) is 7.93. The van der Waals surface area contributed by atoms with Crippen molar-refractivity contribution >= 4 is 5.78 Å². The summed E-state index contributed by atoms with van der Waals surface area (Å²) < 4.78 is 5.78. The molecule has 27 heavy (non-hydrogen) atoms. The molecule has 6 rings (SSSR count). The molecule has 2 heterocycles. The highest BCUT2D eigenvalue weighted by atomic mass is 16.6. The van der Waals surface area contributed by atoms with Gasteiger partial charge in [-0.2, -0.15) is 0 Å². The summed E-state index contributed by atoms with van der Waals surface area (Å²) in [5, 5.41) is 55.8. The smallest absolute Gasteiger partial charge is 0.208 e. The molecule has 2 spiro atoms. The number of carbonyl (C=O) groups excluding carboxylic acids is 1. The van der Waals surface area contributed by atoms with Gasteiger partial charge < -0.3 is 30.3 Å². The van der Waals surface area contributed by atoms with E-state index in [2.05, 4.69) is 6.58 Å². The molecule has 2 aliphatic heterocycles. The molecule has 10 atom stereocenters. The molecule has 0 aromatic heterocycles. The average molecular weight is 380 g/mol. The molecule has 7 nitrogen and oxygen atoms in total. The molecular weight excluding hydrogens is 352 g/mol. The Morgan fingerprint density at radius 2 is 1.78 bits per heavy atom. The lowest BCUT2D eigenvalue weighted by Gasteiger charge is -2.74. The van der Waals surface area contributed by atoms with Crippen LogP contribution in [-0.4, -0.2) is 68.1 Å². The van der Waals surface area contributed by atoms with Gasteiger partial charge in [0.25, 0.3) is 0 Å². The number of aliphatic hydroxyl groups is 5. The zero-order chi connectivity index (χ0) is 19.7. The third kappa shape index (κ3) is 1.56. The van der Waals surface area contributed by atoms with Crippen LogP contribution in [0.5, 0.6) is 0 Å². The Balaban J connectivity index is 1.81. The van der Waals surface area contributed by atoms with Crippen LogP contribution < -0.4 is 0 Å². The summed E-state index contributed by atoms with van der Waals surface area (Å²) in [5.74, 6) is -4.83. The normalized spacial score (nSPS) is 60.9. The molecule has 6 aliphatic rings. The summed E-state index contributed by atoms with van der Waals surface area (Å²) in [4.78, 5) is 13.4. The molecule has 0 aromatic rings. The maximum Gasteiger partial charge on any atom is 0.208 e. The minimum Gasteiger partial charge on any atom is -0.393 e. The molecule has 0 radical (unpaired) electrons. The average Bonchev–Trinajstić information content (AvgIpc) is 2.71. The Labute approximate surface area is 157 Å². The minimum atomic E-state index is -2.33. The summed E-state index contributed by atoms with van der Waals surface area (Å²) >= 11 is 0. The van der Waals surface area contributed by atoms with Gasteiger partial charge in [-0.3, -0.25) is 4.79 Å². The van der Waals surface area contributed by atoms with E-state index in [-0.39, 0.29) is 18.6 Å². The first-order valence-corrected chi connectivity index (χ1v) is 9.80. The predicted octanol–water partition coefficient (Wildman–Crippen LogP) is -0.654. The van der Waals surface area contributed by atoms with E-state index in [9.17, 15) is 30.3 Å². The number of hydrogen-bond donors (Lipinski definition) is 5. The van der Waals surface area contributed by atoms with Crippen LogP contribution in [0.2, 0.25) is 0 Å². The molecule has 0 aromatic carbocycles. The van der Waals surface area contributed by atoms with Gasteiger partial charge in [-0.05, 0) is 30.3 Å². The Morgan fingerprint density at radius 3 is 2.44 bits per heavy atom. The van der Waals surface area contributed by atoms with Crippen LogP contribution in [0, 0.1) is 34.0 Å². The van der Waals surface area contributed by atoms with Gasteiger partial charge in [0.1, 0.15) is 11.5 Å². The van der Waals surface area contributed by atoms with Crippen LogP contribution in [0.3, 0.4) is 0 Å². The van der Waals surface area contributed by atoms with Gasteiger partial charge in [0.05, 0.1) is 24.9 Å². The summed E-state index contributed by atoms with van der Waals surface area (Å²) in [7, 11) is 0. The van der Waals surface area contributed by atoms with Crippen LogP contribution in [0.1, 0.15) is 33.1 Å². The van der Waals surface area contributed by atoms with E-state index in [1.54, 1.807) is 0 Å². The maximum absolute atomic E-state index is 13.4. The van der Waals surface area contributed by atoms with Gasteiger partial charge in [-0.15, -0.1) is 0 Å². The highest BCUT2D eigenvalue weighted by Gasteiger charge is 2.87. The first-order valence-electron chi connectivity index (χ1n) is 9.80. The van der Waals surface area contributed by atoms with E-state index in [0.29, 0.717) is 12.8 Å². The van der Waals surface area contributed by atoms with E-state index < -0.39 is 70.0 Å². The summed E-state index contributed by atoms with van der Waals surface area (Å²) in [5.41, 5.74) is -3.21. The van der Waals surface area contributed by atoms with Gasteiger partial charge in [0, 0.05) is 23.2 Å². The molecule has 6 fully saturated rings. The second kappa shape index (κ2) is 4.83. The minimum absolute atomic E-state index is 0.0714. The Hall–Kier alpha value is -0.830. The van der Waals surface area contributed by atoms with Crippen molar-refractivity contribution in [3.8, 4) is 0 Å². The number of aliphatic hydroxyl groups excluding tert-OH is 4. The van der Waals surface area contributed by atoms with Crippen molar-refractivity contribution in [1.82, 2.24) is 0 Å². The first kappa shape index (κ1) is 18.2. The summed E-state index contributed by atoms with van der Waals surface area (Å²) in [6, 6.07) is 0. The second-order valence-electron chi connectivity index (χ2n) is 10.1. The van der Waals surface area contributed by atoms with E-state index in [0.717, 1.165) is 0 Å². The molecule has 4 bridgehead atoms. The maximum atomic E-state index is 13.4. The Kier molecular flexibility index (Phi) is 3.26. The second-order valence-corrected chi connectivity index (χ2v) is 10.1. The van der Waals surface area contributed by atoms with Crippen molar-refractivity contribution in [3.05, 3.63) is 12.2 Å². The quantitative estimate of drug-likeness (QED) is 0.353. The van der Waals surface area contributed by atoms with Gasteiger partial charge in [0.2, 0.25) is 5.79 Å². The standard InChI is InChI=1S/C20H28O7/c1-8-9-6-10(21)12-18-5-4-11(22)17(2,3)13(18)16(25)20(26,27-7-18)19(12,14(8)23)15(9)24/h9-13,15-16,21-22,24-26H,1,4-7H2,2-3H3/t9-,10-,11+,12-,13+,15+,16-,18+,19-,20+/m0/s1. The van der Waals surface area contributed by atoms with Crippen molar-refractivity contribution in [2.24, 2.45) is 34.0 Å². The van der Waals surface area contributed by atoms with Gasteiger partial charge >= 0.3 is 0 Å². The highest BCUT2D eigenvalue weighted by molar-refractivity contribution is 6.05. The molecular formula is C20H28O7. The molecule has 150 valence electrons. The fraction of sp³-hybridized carbons (Fsp3) is 0.850. The topological polar surface area (TPSA) is 127 Å². The zero-order valence-corrected chi connectivity index (χ0v) is 15.6. The largest absolute Gasteiger partial charge is 0.393 e. The molecule has 4 aliphatic carbocycles. The molecule has 4 saturated carbocycles. The molecule has 0 unspecified atom stereocenters. The predicted molar refractivity (Wildman–Crippen MR) is 92.0 cm³/mol. The number of rotatable bonds is 0. The molecule has 2 saturated heterocycles. The van der Waals surface area contributed by atoms with Crippen LogP contribution in [0.4, 0.5) is 0 Å². The van der Waals surface area contributed by atoms with Gasteiger partial charge in [-0.25, -0.2) is 0 Å². The van der Waals surface area contributed by atoms with Crippen molar-refractivity contribution in [2.45, 2.75) is 63.3 Å². The number of ketones is 1. The molecule has 7 heteroatoms. The fourth-order valence-corrected chi connectivity index (χ4v) is 7.93. The van der Waals surface area contributed by atoms with Crippen molar-refractivity contribution < 1.29 is 35.1 Å². The van der Waals surface area contributed by atoms with Crippen molar-refractivity contribution in [2.75, 3.05) is 6.61 Å². The number of ether oxygens (including phenoxy) is 1.